The van der Waals surface area contributed by atoms with Gasteiger partial charge in [-0.3, -0.25) is 9.59 Å². The summed E-state index contributed by atoms with van der Waals surface area (Å²) >= 11 is 15.1. The molecular formula is C22H18Cl2N4O4S2. The number of carbonyl (C=O) groups is 2. The Morgan fingerprint density at radius 3 is 2.71 bits per heavy atom. The van der Waals surface area contributed by atoms with E-state index in [1.165, 1.54) is 23.1 Å². The van der Waals surface area contributed by atoms with Crippen molar-refractivity contribution in [2.45, 2.75) is 16.5 Å². The maximum atomic E-state index is 12.8. The zero-order valence-corrected chi connectivity index (χ0v) is 20.8. The van der Waals surface area contributed by atoms with Crippen LogP contribution < -0.4 is 19.7 Å². The smallest absolute Gasteiger partial charge is 0.231 e. The number of anilines is 2. The predicted octanol–water partition coefficient (Wildman–Crippen LogP) is 4.90. The summed E-state index contributed by atoms with van der Waals surface area (Å²) in [5, 5.41) is 12.5. The molecule has 176 valence electrons. The van der Waals surface area contributed by atoms with Gasteiger partial charge in [0.25, 0.3) is 0 Å². The average Bonchev–Trinajstić information content (AvgIpc) is 3.44. The quantitative estimate of drug-likeness (QED) is 0.353. The summed E-state index contributed by atoms with van der Waals surface area (Å²) in [4.78, 5) is 27.0. The Morgan fingerprint density at radius 2 is 1.91 bits per heavy atom. The van der Waals surface area contributed by atoms with Gasteiger partial charge >= 0.3 is 0 Å². The Balaban J connectivity index is 1.19. The van der Waals surface area contributed by atoms with Crippen LogP contribution in [0, 0.1) is 5.92 Å². The van der Waals surface area contributed by atoms with Crippen LogP contribution in [-0.4, -0.2) is 41.8 Å². The van der Waals surface area contributed by atoms with Gasteiger partial charge in [-0.25, -0.2) is 0 Å². The molecule has 2 amide bonds. The van der Waals surface area contributed by atoms with Crippen molar-refractivity contribution in [2.75, 3.05) is 30.0 Å². The lowest BCUT2D eigenvalue weighted by molar-refractivity contribution is -0.122. The largest absolute Gasteiger partial charge is 0.486 e. The molecule has 1 fully saturated rings. The monoisotopic (exact) mass is 536 g/mol. The van der Waals surface area contributed by atoms with Crippen LogP contribution in [0.4, 0.5) is 10.8 Å². The fraction of sp³-hybridized carbons (Fsp3) is 0.273. The lowest BCUT2D eigenvalue weighted by Crippen LogP contribution is -2.28. The first-order valence-corrected chi connectivity index (χ1v) is 12.9. The second kappa shape index (κ2) is 9.99. The lowest BCUT2D eigenvalue weighted by atomic mass is 10.1. The second-order valence-corrected chi connectivity index (χ2v) is 10.6. The molecule has 2 aliphatic rings. The van der Waals surface area contributed by atoms with Crippen LogP contribution >= 0.6 is 46.3 Å². The molecule has 0 unspecified atom stereocenters. The number of fused-ring (bicyclic) bond motifs is 1. The molecule has 1 atom stereocenters. The maximum Gasteiger partial charge on any atom is 0.231 e. The van der Waals surface area contributed by atoms with Crippen LogP contribution in [0.5, 0.6) is 11.5 Å². The molecule has 1 N–H and O–H groups in total. The molecule has 0 bridgehead atoms. The van der Waals surface area contributed by atoms with Gasteiger partial charge in [0, 0.05) is 40.5 Å². The van der Waals surface area contributed by atoms with E-state index < -0.39 is 5.92 Å². The lowest BCUT2D eigenvalue weighted by Gasteiger charge is -2.22. The second-order valence-electron chi connectivity index (χ2n) is 7.58. The van der Waals surface area contributed by atoms with Crippen LogP contribution in [0.1, 0.15) is 12.0 Å². The van der Waals surface area contributed by atoms with E-state index >= 15 is 0 Å². The van der Waals surface area contributed by atoms with Crippen molar-refractivity contribution in [3.05, 3.63) is 52.0 Å². The van der Waals surface area contributed by atoms with Crippen LogP contribution in [0.3, 0.4) is 0 Å². The molecule has 1 saturated heterocycles. The normalized spacial score (nSPS) is 17.2. The minimum atomic E-state index is -0.498. The standard InChI is InChI=1S/C22H18Cl2N4O4S2/c23-15-2-1-3-16(24)14(15)11-33-22-27-26-21(34-22)25-20(30)12-8-19(29)28(10-12)13-4-5-17-18(9-13)32-7-6-31-17/h1-5,9,12H,6-8,10-11H2,(H,25,26,30)/t12-/m0/s1. The van der Waals surface area contributed by atoms with E-state index in [0.29, 0.717) is 55.7 Å². The van der Waals surface area contributed by atoms with Crippen LogP contribution in [0.2, 0.25) is 10.0 Å². The Hall–Kier alpha value is -2.53. The average molecular weight is 537 g/mol. The number of aromatic nitrogens is 2. The molecule has 12 heteroatoms. The van der Waals surface area contributed by atoms with Crippen molar-refractivity contribution >= 4 is 68.9 Å². The summed E-state index contributed by atoms with van der Waals surface area (Å²) in [6.07, 6.45) is 0.117. The number of halogens is 2. The highest BCUT2D eigenvalue weighted by atomic mass is 35.5. The molecule has 8 nitrogen and oxygen atoms in total. The Bertz CT molecular complexity index is 1240. The summed E-state index contributed by atoms with van der Waals surface area (Å²) in [6, 6.07) is 10.7. The van der Waals surface area contributed by atoms with Crippen molar-refractivity contribution in [2.24, 2.45) is 5.92 Å². The zero-order valence-electron chi connectivity index (χ0n) is 17.6. The minimum absolute atomic E-state index is 0.117. The maximum absolute atomic E-state index is 12.8. The Labute approximate surface area is 213 Å². The summed E-state index contributed by atoms with van der Waals surface area (Å²) in [5.74, 6) is 0.891. The van der Waals surface area contributed by atoms with Gasteiger partial charge in [-0.05, 0) is 29.8 Å². The highest BCUT2D eigenvalue weighted by molar-refractivity contribution is 8.00. The SMILES string of the molecule is O=C(Nc1nnc(SCc2c(Cl)cccc2Cl)s1)[C@H]1CC(=O)N(c2ccc3c(c2)OCCO3)C1. The Morgan fingerprint density at radius 1 is 1.15 bits per heavy atom. The molecule has 3 heterocycles. The van der Waals surface area contributed by atoms with Crippen LogP contribution in [0.25, 0.3) is 0 Å². The number of hydrogen-bond donors (Lipinski definition) is 1. The van der Waals surface area contributed by atoms with Crippen molar-refractivity contribution in [1.82, 2.24) is 10.2 Å². The number of thioether (sulfide) groups is 1. The molecule has 2 aliphatic heterocycles. The third-order valence-corrected chi connectivity index (χ3v) is 8.08. The molecule has 1 aromatic heterocycles. The molecule has 34 heavy (non-hydrogen) atoms. The van der Waals surface area contributed by atoms with E-state index in [2.05, 4.69) is 15.5 Å². The van der Waals surface area contributed by atoms with E-state index in [0.717, 1.165) is 5.56 Å². The third-order valence-electron chi connectivity index (χ3n) is 5.37. The molecule has 0 radical (unpaired) electrons. The van der Waals surface area contributed by atoms with Gasteiger partial charge in [-0.1, -0.05) is 52.4 Å². The first kappa shape index (κ1) is 23.2. The highest BCUT2D eigenvalue weighted by Crippen LogP contribution is 2.37. The van der Waals surface area contributed by atoms with Gasteiger partial charge in [0.15, 0.2) is 15.8 Å². The molecule has 0 aliphatic carbocycles. The number of amides is 2. The number of hydrogen-bond acceptors (Lipinski definition) is 8. The summed E-state index contributed by atoms with van der Waals surface area (Å²) < 4.78 is 11.8. The van der Waals surface area contributed by atoms with Crippen LogP contribution in [0.15, 0.2) is 40.7 Å². The van der Waals surface area contributed by atoms with Crippen molar-refractivity contribution in [3.8, 4) is 11.5 Å². The van der Waals surface area contributed by atoms with E-state index in [4.69, 9.17) is 32.7 Å². The molecular weight excluding hydrogens is 519 g/mol. The first-order chi connectivity index (χ1) is 16.5. The first-order valence-electron chi connectivity index (χ1n) is 10.4. The molecule has 0 spiro atoms. The van der Waals surface area contributed by atoms with E-state index in [-0.39, 0.29) is 24.8 Å². The molecule has 5 rings (SSSR count). The van der Waals surface area contributed by atoms with Gasteiger partial charge in [0.1, 0.15) is 13.2 Å². The topological polar surface area (TPSA) is 93.7 Å². The molecule has 2 aromatic carbocycles. The number of nitrogens with zero attached hydrogens (tertiary/aromatic N) is 3. The van der Waals surface area contributed by atoms with Crippen molar-refractivity contribution < 1.29 is 19.1 Å². The summed E-state index contributed by atoms with van der Waals surface area (Å²) in [6.45, 7) is 1.23. The van der Waals surface area contributed by atoms with Crippen molar-refractivity contribution in [3.63, 3.8) is 0 Å². The fourth-order valence-electron chi connectivity index (χ4n) is 3.66. The third kappa shape index (κ3) is 4.95. The number of ether oxygens (including phenoxy) is 2. The predicted molar refractivity (Wildman–Crippen MR) is 132 cm³/mol. The number of rotatable bonds is 6. The molecule has 0 saturated carbocycles. The minimum Gasteiger partial charge on any atom is -0.486 e. The summed E-state index contributed by atoms with van der Waals surface area (Å²) in [7, 11) is 0. The Kier molecular flexibility index (Phi) is 6.82. The fourth-order valence-corrected chi connectivity index (χ4v) is 6.16. The van der Waals surface area contributed by atoms with Gasteiger partial charge in [0.2, 0.25) is 16.9 Å². The zero-order chi connectivity index (χ0) is 23.7. The van der Waals surface area contributed by atoms with Gasteiger partial charge < -0.3 is 19.7 Å². The summed E-state index contributed by atoms with van der Waals surface area (Å²) in [5.41, 5.74) is 1.50. The van der Waals surface area contributed by atoms with E-state index in [1.807, 2.05) is 0 Å². The highest BCUT2D eigenvalue weighted by Gasteiger charge is 2.36. The van der Waals surface area contributed by atoms with Gasteiger partial charge in [-0.15, -0.1) is 10.2 Å². The van der Waals surface area contributed by atoms with E-state index in [9.17, 15) is 9.59 Å². The van der Waals surface area contributed by atoms with Gasteiger partial charge in [-0.2, -0.15) is 0 Å². The van der Waals surface area contributed by atoms with Crippen molar-refractivity contribution in [1.29, 1.82) is 0 Å². The van der Waals surface area contributed by atoms with E-state index in [1.54, 1.807) is 41.3 Å². The number of carbonyl (C=O) groups excluding carboxylic acids is 2. The van der Waals surface area contributed by atoms with Gasteiger partial charge in [0.05, 0.1) is 5.92 Å². The number of nitrogens with one attached hydrogen (secondary N) is 1. The van der Waals surface area contributed by atoms with Crippen LogP contribution in [-0.2, 0) is 15.3 Å². The molecule has 3 aromatic rings. The number of benzene rings is 2.